The quantitative estimate of drug-likeness (QED) is 0.610. The van der Waals surface area contributed by atoms with E-state index >= 15 is 0 Å². The summed E-state index contributed by atoms with van der Waals surface area (Å²) in [5, 5.41) is 10.3. The molecule has 2 N–H and O–H groups in total. The predicted molar refractivity (Wildman–Crippen MR) is 100 cm³/mol. The SMILES string of the molecule is CO[Si](CCC1CCC(O)C(NS(=O)(=O)c2ccccc2)C1)(OC)OC. The van der Waals surface area contributed by atoms with E-state index in [-0.39, 0.29) is 10.8 Å². The van der Waals surface area contributed by atoms with E-state index in [1.165, 1.54) is 0 Å². The number of sulfonamides is 1. The van der Waals surface area contributed by atoms with E-state index in [1.54, 1.807) is 51.7 Å². The Kier molecular flexibility index (Phi) is 7.77. The summed E-state index contributed by atoms with van der Waals surface area (Å²) in [5.74, 6) is 0.272. The van der Waals surface area contributed by atoms with Gasteiger partial charge in [-0.15, -0.1) is 0 Å². The molecule has 0 heterocycles. The van der Waals surface area contributed by atoms with Crippen LogP contribution < -0.4 is 4.72 Å². The molecule has 1 aliphatic carbocycles. The minimum Gasteiger partial charge on any atom is -0.391 e. The molecule has 0 aliphatic heterocycles. The van der Waals surface area contributed by atoms with E-state index in [9.17, 15) is 13.5 Å². The Labute approximate surface area is 157 Å². The lowest BCUT2D eigenvalue weighted by molar-refractivity contribution is 0.0753. The highest BCUT2D eigenvalue weighted by molar-refractivity contribution is 7.89. The average molecular weight is 404 g/mol. The van der Waals surface area contributed by atoms with Crippen LogP contribution in [0.25, 0.3) is 0 Å². The van der Waals surface area contributed by atoms with E-state index in [1.807, 2.05) is 0 Å². The fourth-order valence-electron chi connectivity index (χ4n) is 3.43. The summed E-state index contributed by atoms with van der Waals surface area (Å²) >= 11 is 0. The molecule has 1 saturated carbocycles. The zero-order chi connectivity index (χ0) is 19.2. The van der Waals surface area contributed by atoms with Gasteiger partial charge < -0.3 is 18.4 Å². The molecule has 9 heteroatoms. The van der Waals surface area contributed by atoms with Crippen LogP contribution in [0, 0.1) is 5.92 Å². The molecule has 0 spiro atoms. The molecular formula is C17H29NO6SSi. The van der Waals surface area contributed by atoms with E-state index in [2.05, 4.69) is 4.72 Å². The molecule has 1 fully saturated rings. The molecule has 0 saturated heterocycles. The molecule has 0 aromatic heterocycles. The van der Waals surface area contributed by atoms with Crippen molar-refractivity contribution in [3.05, 3.63) is 30.3 Å². The van der Waals surface area contributed by atoms with E-state index in [0.717, 1.165) is 12.8 Å². The molecule has 148 valence electrons. The van der Waals surface area contributed by atoms with Gasteiger partial charge in [-0.1, -0.05) is 18.2 Å². The minimum atomic E-state index is -3.65. The molecule has 1 aromatic carbocycles. The third-order valence-corrected chi connectivity index (χ3v) is 9.35. The standard InChI is InChI=1S/C17H29NO6SSi/c1-22-26(23-2,24-3)12-11-14-9-10-17(19)16(13-14)18-25(20,21)15-7-5-4-6-8-15/h4-8,14,16-19H,9-13H2,1-3H3. The molecule has 3 unspecified atom stereocenters. The molecule has 0 radical (unpaired) electrons. The normalized spacial score (nSPS) is 24.5. The molecule has 2 rings (SSSR count). The highest BCUT2D eigenvalue weighted by Gasteiger charge is 2.40. The van der Waals surface area contributed by atoms with Crippen LogP contribution in [-0.2, 0) is 23.3 Å². The van der Waals surface area contributed by atoms with Crippen LogP contribution in [0.1, 0.15) is 25.7 Å². The van der Waals surface area contributed by atoms with Crippen LogP contribution in [0.3, 0.4) is 0 Å². The Bertz CT molecular complexity index is 644. The fraction of sp³-hybridized carbons (Fsp3) is 0.647. The Morgan fingerprint density at radius 3 is 2.31 bits per heavy atom. The summed E-state index contributed by atoms with van der Waals surface area (Å²) < 4.78 is 44.1. The van der Waals surface area contributed by atoms with Crippen molar-refractivity contribution in [3.63, 3.8) is 0 Å². The van der Waals surface area contributed by atoms with Gasteiger partial charge in [-0.25, -0.2) is 13.1 Å². The summed E-state index contributed by atoms with van der Waals surface area (Å²) in [4.78, 5) is 0.207. The number of nitrogens with one attached hydrogen (secondary N) is 1. The summed E-state index contributed by atoms with van der Waals surface area (Å²) in [6, 6.07) is 8.38. The van der Waals surface area contributed by atoms with Crippen molar-refractivity contribution in [1.82, 2.24) is 4.72 Å². The first kappa shape index (κ1) is 21.5. The van der Waals surface area contributed by atoms with Gasteiger partial charge >= 0.3 is 8.80 Å². The lowest BCUT2D eigenvalue weighted by atomic mass is 9.83. The second-order valence-electron chi connectivity index (χ2n) is 6.62. The highest BCUT2D eigenvalue weighted by atomic mass is 32.2. The zero-order valence-corrected chi connectivity index (χ0v) is 17.4. The number of hydrogen-bond donors (Lipinski definition) is 2. The average Bonchev–Trinajstić information content (AvgIpc) is 2.66. The van der Waals surface area contributed by atoms with Crippen LogP contribution in [0.15, 0.2) is 35.2 Å². The van der Waals surface area contributed by atoms with Crippen molar-refractivity contribution in [1.29, 1.82) is 0 Å². The maximum Gasteiger partial charge on any atom is 0.500 e. The van der Waals surface area contributed by atoms with Gasteiger partial charge in [-0.05, 0) is 43.7 Å². The summed E-state index contributed by atoms with van der Waals surface area (Å²) in [6.45, 7) is 0. The lowest BCUT2D eigenvalue weighted by Gasteiger charge is -2.34. The Morgan fingerprint density at radius 2 is 1.73 bits per heavy atom. The first-order valence-electron chi connectivity index (χ1n) is 8.76. The van der Waals surface area contributed by atoms with Crippen molar-refractivity contribution in [2.45, 2.75) is 48.8 Å². The number of benzene rings is 1. The van der Waals surface area contributed by atoms with E-state index in [0.29, 0.717) is 18.9 Å². The van der Waals surface area contributed by atoms with Gasteiger partial charge in [-0.3, -0.25) is 0 Å². The molecule has 26 heavy (non-hydrogen) atoms. The van der Waals surface area contributed by atoms with Crippen molar-refractivity contribution in [2.75, 3.05) is 21.3 Å². The molecule has 3 atom stereocenters. The van der Waals surface area contributed by atoms with Crippen LogP contribution in [0.5, 0.6) is 0 Å². The fourth-order valence-corrected chi connectivity index (χ4v) is 6.61. The van der Waals surface area contributed by atoms with Crippen LogP contribution in [-0.4, -0.2) is 55.8 Å². The number of aliphatic hydroxyl groups is 1. The highest BCUT2D eigenvalue weighted by Crippen LogP contribution is 2.31. The first-order chi connectivity index (χ1) is 12.4. The molecule has 0 amide bonds. The zero-order valence-electron chi connectivity index (χ0n) is 15.6. The number of rotatable bonds is 9. The third-order valence-electron chi connectivity index (χ3n) is 5.07. The maximum atomic E-state index is 12.5. The van der Waals surface area contributed by atoms with Gasteiger partial charge in [0.1, 0.15) is 0 Å². The van der Waals surface area contributed by atoms with Crippen LogP contribution in [0.4, 0.5) is 0 Å². The topological polar surface area (TPSA) is 94.1 Å². The smallest absolute Gasteiger partial charge is 0.391 e. The lowest BCUT2D eigenvalue weighted by Crippen LogP contribution is -2.48. The first-order valence-corrected chi connectivity index (χ1v) is 12.2. The largest absolute Gasteiger partial charge is 0.500 e. The van der Waals surface area contributed by atoms with Gasteiger partial charge in [-0.2, -0.15) is 0 Å². The molecule has 7 nitrogen and oxygen atoms in total. The van der Waals surface area contributed by atoms with Gasteiger partial charge in [0.15, 0.2) is 0 Å². The second-order valence-corrected chi connectivity index (χ2v) is 11.4. The second kappa shape index (κ2) is 9.40. The predicted octanol–water partition coefficient (Wildman–Crippen LogP) is 1.76. The summed E-state index contributed by atoms with van der Waals surface area (Å²) in [7, 11) is -1.54. The van der Waals surface area contributed by atoms with Crippen molar-refractivity contribution in [2.24, 2.45) is 5.92 Å². The van der Waals surface area contributed by atoms with Gasteiger partial charge in [0.2, 0.25) is 10.0 Å². The summed E-state index contributed by atoms with van der Waals surface area (Å²) in [5.41, 5.74) is 0. The number of hydrogen-bond acceptors (Lipinski definition) is 6. The monoisotopic (exact) mass is 403 g/mol. The van der Waals surface area contributed by atoms with Crippen molar-refractivity contribution < 1.29 is 26.8 Å². The Hall–Kier alpha value is -0.813. The number of aliphatic hydroxyl groups excluding tert-OH is 1. The molecular weight excluding hydrogens is 374 g/mol. The van der Waals surface area contributed by atoms with Gasteiger partial charge in [0.05, 0.1) is 11.0 Å². The molecule has 1 aliphatic rings. The van der Waals surface area contributed by atoms with Crippen molar-refractivity contribution >= 4 is 18.8 Å². The third kappa shape index (κ3) is 5.35. The Balaban J connectivity index is 1.99. The molecule has 0 bridgehead atoms. The van der Waals surface area contributed by atoms with Crippen molar-refractivity contribution in [3.8, 4) is 0 Å². The Morgan fingerprint density at radius 1 is 1.12 bits per heavy atom. The van der Waals surface area contributed by atoms with Gasteiger partial charge in [0, 0.05) is 33.4 Å². The van der Waals surface area contributed by atoms with Crippen LogP contribution in [0.2, 0.25) is 6.04 Å². The summed E-state index contributed by atoms with van der Waals surface area (Å²) in [6.07, 6.45) is 2.10. The van der Waals surface area contributed by atoms with E-state index < -0.39 is 31.0 Å². The van der Waals surface area contributed by atoms with Crippen LogP contribution >= 0.6 is 0 Å². The maximum absolute atomic E-state index is 12.5. The van der Waals surface area contributed by atoms with Gasteiger partial charge in [0.25, 0.3) is 0 Å². The van der Waals surface area contributed by atoms with E-state index in [4.69, 9.17) is 13.3 Å². The molecule has 1 aromatic rings. The minimum absolute atomic E-state index is 0.207.